The Bertz CT molecular complexity index is 633. The maximum Gasteiger partial charge on any atom is 0.0718 e. The third-order valence-electron chi connectivity index (χ3n) is 4.36. The number of fused-ring (bicyclic) bond motifs is 5. The van der Waals surface area contributed by atoms with Crippen LogP contribution in [-0.2, 0) is 6.42 Å². The van der Waals surface area contributed by atoms with Crippen molar-refractivity contribution in [3.8, 4) is 0 Å². The first kappa shape index (κ1) is 10.9. The summed E-state index contributed by atoms with van der Waals surface area (Å²) in [5.74, 6) is 0. The Hall–Kier alpha value is -1.96. The topological polar surface area (TPSA) is 15.3 Å². The maximum atomic E-state index is 3.60. The molecular weight excluding hydrogens is 232 g/mol. The molecule has 1 atom stereocenters. The number of anilines is 2. The Morgan fingerprint density at radius 2 is 2.05 bits per heavy atom. The van der Waals surface area contributed by atoms with Gasteiger partial charge in [-0.2, -0.15) is 0 Å². The van der Waals surface area contributed by atoms with Gasteiger partial charge in [0.25, 0.3) is 0 Å². The summed E-state index contributed by atoms with van der Waals surface area (Å²) >= 11 is 0. The normalized spacial score (nSPS) is 20.1. The highest BCUT2D eigenvalue weighted by Gasteiger charge is 2.31. The van der Waals surface area contributed by atoms with E-state index in [4.69, 9.17) is 0 Å². The molecule has 0 spiro atoms. The first-order valence-electron chi connectivity index (χ1n) is 7.02. The number of nitrogens with zero attached hydrogens (tertiary/aromatic N) is 1. The summed E-state index contributed by atoms with van der Waals surface area (Å²) in [6, 6.07) is 16.1. The molecule has 96 valence electrons. The molecule has 19 heavy (non-hydrogen) atoms. The van der Waals surface area contributed by atoms with E-state index in [9.17, 15) is 0 Å². The average Bonchev–Trinajstić information content (AvgIpc) is 2.46. The van der Waals surface area contributed by atoms with Gasteiger partial charge in [0.1, 0.15) is 0 Å². The van der Waals surface area contributed by atoms with Gasteiger partial charge >= 0.3 is 0 Å². The van der Waals surface area contributed by atoms with E-state index >= 15 is 0 Å². The minimum atomic E-state index is 0.486. The SMILES string of the molecule is Cc1ccc2c(c1)NCC1c3ccccc3CCN21. The molecule has 2 aliphatic rings. The third kappa shape index (κ3) is 1.63. The van der Waals surface area contributed by atoms with Crippen LogP contribution in [0, 0.1) is 6.92 Å². The van der Waals surface area contributed by atoms with Crippen LogP contribution in [-0.4, -0.2) is 13.1 Å². The quantitative estimate of drug-likeness (QED) is 0.769. The molecule has 2 aromatic rings. The molecule has 4 rings (SSSR count). The van der Waals surface area contributed by atoms with E-state index in [2.05, 4.69) is 59.6 Å². The molecule has 2 aliphatic heterocycles. The number of benzene rings is 2. The third-order valence-corrected chi connectivity index (χ3v) is 4.36. The van der Waals surface area contributed by atoms with Crippen LogP contribution in [0.15, 0.2) is 42.5 Å². The summed E-state index contributed by atoms with van der Waals surface area (Å²) in [6.07, 6.45) is 1.15. The number of nitrogens with one attached hydrogen (secondary N) is 1. The fourth-order valence-electron chi connectivity index (χ4n) is 3.41. The fourth-order valence-corrected chi connectivity index (χ4v) is 3.41. The standard InChI is InChI=1S/C17H18N2/c1-12-6-7-16-15(10-12)18-11-17-14-5-3-2-4-13(14)8-9-19(16)17/h2-7,10,17-18H,8-9,11H2,1H3. The Morgan fingerprint density at radius 1 is 1.16 bits per heavy atom. The molecule has 0 saturated carbocycles. The monoisotopic (exact) mass is 250 g/mol. The second kappa shape index (κ2) is 4.02. The summed E-state index contributed by atoms with van der Waals surface area (Å²) in [5, 5.41) is 3.60. The highest BCUT2D eigenvalue weighted by molar-refractivity contribution is 5.74. The molecule has 0 radical (unpaired) electrons. The van der Waals surface area contributed by atoms with Gasteiger partial charge in [0, 0.05) is 13.1 Å². The molecule has 0 aromatic heterocycles. The van der Waals surface area contributed by atoms with Crippen LogP contribution in [0.3, 0.4) is 0 Å². The lowest BCUT2D eigenvalue weighted by molar-refractivity contribution is 0.591. The van der Waals surface area contributed by atoms with E-state index in [-0.39, 0.29) is 0 Å². The summed E-state index contributed by atoms with van der Waals surface area (Å²) in [5.41, 5.74) is 6.97. The Balaban J connectivity index is 1.81. The van der Waals surface area contributed by atoms with Crippen LogP contribution in [0.4, 0.5) is 11.4 Å². The van der Waals surface area contributed by atoms with E-state index in [0.29, 0.717) is 6.04 Å². The van der Waals surface area contributed by atoms with Gasteiger partial charge in [-0.05, 0) is 42.2 Å². The Morgan fingerprint density at radius 3 is 3.00 bits per heavy atom. The fraction of sp³-hybridized carbons (Fsp3) is 0.294. The molecular formula is C17H18N2. The molecule has 0 aliphatic carbocycles. The van der Waals surface area contributed by atoms with Crippen molar-refractivity contribution in [3.63, 3.8) is 0 Å². The number of hydrogen-bond donors (Lipinski definition) is 1. The largest absolute Gasteiger partial charge is 0.381 e. The van der Waals surface area contributed by atoms with Crippen molar-refractivity contribution in [2.75, 3.05) is 23.3 Å². The molecule has 1 N–H and O–H groups in total. The Kier molecular flexibility index (Phi) is 2.31. The highest BCUT2D eigenvalue weighted by atomic mass is 15.2. The van der Waals surface area contributed by atoms with Gasteiger partial charge in [0.05, 0.1) is 17.4 Å². The lowest BCUT2D eigenvalue weighted by Gasteiger charge is -2.43. The van der Waals surface area contributed by atoms with Crippen molar-refractivity contribution in [3.05, 3.63) is 59.2 Å². The van der Waals surface area contributed by atoms with Crippen molar-refractivity contribution in [2.45, 2.75) is 19.4 Å². The van der Waals surface area contributed by atoms with Crippen LogP contribution < -0.4 is 10.2 Å². The molecule has 1 unspecified atom stereocenters. The van der Waals surface area contributed by atoms with Crippen molar-refractivity contribution in [1.82, 2.24) is 0 Å². The molecule has 0 amide bonds. The molecule has 2 heteroatoms. The molecule has 2 nitrogen and oxygen atoms in total. The minimum Gasteiger partial charge on any atom is -0.381 e. The molecule has 2 heterocycles. The van der Waals surface area contributed by atoms with Crippen molar-refractivity contribution in [2.24, 2.45) is 0 Å². The van der Waals surface area contributed by atoms with Crippen molar-refractivity contribution in [1.29, 1.82) is 0 Å². The highest BCUT2D eigenvalue weighted by Crippen LogP contribution is 2.41. The van der Waals surface area contributed by atoms with Crippen LogP contribution in [0.1, 0.15) is 22.7 Å². The zero-order chi connectivity index (χ0) is 12.8. The lowest BCUT2D eigenvalue weighted by Crippen LogP contribution is -2.42. The molecule has 0 bridgehead atoms. The second-order valence-corrected chi connectivity index (χ2v) is 5.56. The van der Waals surface area contributed by atoms with Crippen LogP contribution >= 0.6 is 0 Å². The molecule has 0 fully saturated rings. The van der Waals surface area contributed by atoms with E-state index < -0.39 is 0 Å². The van der Waals surface area contributed by atoms with E-state index in [0.717, 1.165) is 19.5 Å². The molecule has 0 saturated heterocycles. The average molecular weight is 250 g/mol. The van der Waals surface area contributed by atoms with Gasteiger partial charge < -0.3 is 10.2 Å². The van der Waals surface area contributed by atoms with Gasteiger partial charge in [-0.3, -0.25) is 0 Å². The summed E-state index contributed by atoms with van der Waals surface area (Å²) in [7, 11) is 0. The summed E-state index contributed by atoms with van der Waals surface area (Å²) in [4.78, 5) is 2.56. The number of aryl methyl sites for hydroxylation is 1. The summed E-state index contributed by atoms with van der Waals surface area (Å²) < 4.78 is 0. The number of hydrogen-bond acceptors (Lipinski definition) is 2. The first-order valence-corrected chi connectivity index (χ1v) is 7.02. The van der Waals surface area contributed by atoms with E-state index in [1.165, 1.54) is 28.1 Å². The summed E-state index contributed by atoms with van der Waals surface area (Å²) in [6.45, 7) is 4.28. The van der Waals surface area contributed by atoms with Crippen LogP contribution in [0.2, 0.25) is 0 Å². The minimum absolute atomic E-state index is 0.486. The van der Waals surface area contributed by atoms with Crippen molar-refractivity contribution < 1.29 is 0 Å². The molecule has 2 aromatic carbocycles. The van der Waals surface area contributed by atoms with Gasteiger partial charge in [-0.25, -0.2) is 0 Å². The zero-order valence-corrected chi connectivity index (χ0v) is 11.2. The second-order valence-electron chi connectivity index (χ2n) is 5.56. The van der Waals surface area contributed by atoms with Gasteiger partial charge in [-0.1, -0.05) is 30.3 Å². The van der Waals surface area contributed by atoms with Gasteiger partial charge in [0.2, 0.25) is 0 Å². The first-order chi connectivity index (χ1) is 9.33. The Labute approximate surface area is 114 Å². The van der Waals surface area contributed by atoms with Gasteiger partial charge in [-0.15, -0.1) is 0 Å². The zero-order valence-electron chi connectivity index (χ0n) is 11.2. The smallest absolute Gasteiger partial charge is 0.0718 e. The lowest BCUT2D eigenvalue weighted by atomic mass is 9.90. The van der Waals surface area contributed by atoms with Crippen LogP contribution in [0.25, 0.3) is 0 Å². The van der Waals surface area contributed by atoms with Crippen LogP contribution in [0.5, 0.6) is 0 Å². The van der Waals surface area contributed by atoms with Crippen molar-refractivity contribution >= 4 is 11.4 Å². The predicted molar refractivity (Wildman–Crippen MR) is 79.9 cm³/mol. The number of rotatable bonds is 0. The predicted octanol–water partition coefficient (Wildman–Crippen LogP) is 3.52. The van der Waals surface area contributed by atoms with Gasteiger partial charge in [0.15, 0.2) is 0 Å². The maximum absolute atomic E-state index is 3.60. The van der Waals surface area contributed by atoms with E-state index in [1.807, 2.05) is 0 Å². The van der Waals surface area contributed by atoms with E-state index in [1.54, 1.807) is 0 Å².